The van der Waals surface area contributed by atoms with Gasteiger partial charge in [0.05, 0.1) is 5.69 Å². The summed E-state index contributed by atoms with van der Waals surface area (Å²) < 4.78 is 12.8. The molecule has 1 aromatic rings. The molecule has 64 valence electrons. The van der Waals surface area contributed by atoms with E-state index in [1.807, 2.05) is 0 Å². The average molecular weight is 168 g/mol. The maximum absolute atomic E-state index is 12.8. The summed E-state index contributed by atoms with van der Waals surface area (Å²) in [4.78, 5) is 10.4. The third kappa shape index (κ3) is 2.23. The van der Waals surface area contributed by atoms with Crippen molar-refractivity contribution in [1.29, 1.82) is 0 Å². The molecule has 4 heteroatoms. The Balaban J connectivity index is 2.63. The minimum atomic E-state index is -0.397. The Kier molecular flexibility index (Phi) is 2.63. The molecule has 12 heavy (non-hydrogen) atoms. The van der Waals surface area contributed by atoms with Crippen LogP contribution in [0.2, 0.25) is 0 Å². The molecule has 0 bridgehead atoms. The van der Waals surface area contributed by atoms with Gasteiger partial charge in [-0.25, -0.2) is 4.39 Å². The van der Waals surface area contributed by atoms with Gasteiger partial charge in [-0.3, -0.25) is 15.6 Å². The Morgan fingerprint density at radius 3 is 2.67 bits per heavy atom. The summed E-state index contributed by atoms with van der Waals surface area (Å²) in [5.41, 5.74) is 4.97. The summed E-state index contributed by atoms with van der Waals surface area (Å²) in [6, 6.07) is 6.09. The zero-order valence-electron chi connectivity index (χ0n) is 6.60. The van der Waals surface area contributed by atoms with E-state index in [4.69, 9.17) is 0 Å². The van der Waals surface area contributed by atoms with Crippen molar-refractivity contribution in [1.82, 2.24) is 5.43 Å². The van der Waals surface area contributed by atoms with Crippen molar-refractivity contribution in [3.63, 3.8) is 0 Å². The zero-order valence-corrected chi connectivity index (χ0v) is 6.60. The summed E-state index contributed by atoms with van der Waals surface area (Å²) in [6.07, 6.45) is 0. The fraction of sp³-hybridized carbons (Fsp3) is 0.125. The molecule has 0 heterocycles. The smallest absolute Gasteiger partial charge is 0.235 e. The Labute approximate surface area is 69.6 Å². The quantitative estimate of drug-likeness (QED) is 0.653. The summed E-state index contributed by atoms with van der Waals surface area (Å²) in [5.74, 6) is -0.662. The molecule has 1 aromatic carbocycles. The van der Waals surface area contributed by atoms with Crippen LogP contribution in [-0.4, -0.2) is 5.91 Å². The summed E-state index contributed by atoms with van der Waals surface area (Å²) in [5, 5.41) is 0. The Bertz CT molecular complexity index is 288. The van der Waals surface area contributed by atoms with Gasteiger partial charge < -0.3 is 0 Å². The molecule has 0 aliphatic rings. The second-order valence-corrected chi connectivity index (χ2v) is 2.29. The topological polar surface area (TPSA) is 41.1 Å². The van der Waals surface area contributed by atoms with E-state index < -0.39 is 5.82 Å². The third-order valence-corrected chi connectivity index (χ3v) is 1.25. The Hall–Kier alpha value is -1.58. The standard InChI is InChI=1S/C8H9FN2O/c1-6(12)10-11-8-5-3-2-4-7(8)9/h2-5,11H,1H3,(H,10,12). The lowest BCUT2D eigenvalue weighted by Crippen LogP contribution is -2.26. The predicted molar refractivity (Wildman–Crippen MR) is 43.8 cm³/mol. The molecule has 0 saturated heterocycles. The number of hydrogen-bond donors (Lipinski definition) is 2. The van der Waals surface area contributed by atoms with Crippen LogP contribution in [0.25, 0.3) is 0 Å². The lowest BCUT2D eigenvalue weighted by molar-refractivity contribution is -0.118. The first-order valence-electron chi connectivity index (χ1n) is 3.47. The molecule has 1 amide bonds. The molecule has 0 atom stereocenters. The van der Waals surface area contributed by atoms with Gasteiger partial charge in [0, 0.05) is 6.92 Å². The lowest BCUT2D eigenvalue weighted by Gasteiger charge is -2.05. The number of rotatable bonds is 2. The van der Waals surface area contributed by atoms with Gasteiger partial charge in [-0.1, -0.05) is 12.1 Å². The molecule has 0 unspecified atom stereocenters. The molecular weight excluding hydrogens is 159 g/mol. The molecule has 0 saturated carbocycles. The van der Waals surface area contributed by atoms with Gasteiger partial charge in [0.1, 0.15) is 5.82 Å². The van der Waals surface area contributed by atoms with Crippen molar-refractivity contribution in [2.75, 3.05) is 5.43 Å². The molecule has 2 N–H and O–H groups in total. The second kappa shape index (κ2) is 3.71. The summed E-state index contributed by atoms with van der Waals surface area (Å²) in [7, 11) is 0. The predicted octanol–water partition coefficient (Wildman–Crippen LogP) is 1.29. The van der Waals surface area contributed by atoms with Gasteiger partial charge in [0.2, 0.25) is 5.91 Å². The number of halogens is 1. The van der Waals surface area contributed by atoms with Crippen molar-refractivity contribution >= 4 is 11.6 Å². The third-order valence-electron chi connectivity index (χ3n) is 1.25. The van der Waals surface area contributed by atoms with Gasteiger partial charge in [0.15, 0.2) is 0 Å². The Morgan fingerprint density at radius 2 is 2.08 bits per heavy atom. The van der Waals surface area contributed by atoms with E-state index in [9.17, 15) is 9.18 Å². The minimum absolute atomic E-state index is 0.257. The fourth-order valence-corrected chi connectivity index (χ4v) is 0.718. The highest BCUT2D eigenvalue weighted by Crippen LogP contribution is 2.10. The van der Waals surface area contributed by atoms with E-state index in [1.54, 1.807) is 12.1 Å². The molecule has 0 aliphatic carbocycles. The molecule has 0 radical (unpaired) electrons. The highest BCUT2D eigenvalue weighted by Gasteiger charge is 1.98. The number of carbonyl (C=O) groups is 1. The van der Waals surface area contributed by atoms with Gasteiger partial charge >= 0.3 is 0 Å². The monoisotopic (exact) mass is 168 g/mol. The normalized spacial score (nSPS) is 9.17. The van der Waals surface area contributed by atoms with Crippen molar-refractivity contribution < 1.29 is 9.18 Å². The van der Waals surface area contributed by atoms with Crippen molar-refractivity contribution in [2.24, 2.45) is 0 Å². The van der Waals surface area contributed by atoms with Gasteiger partial charge in [-0.2, -0.15) is 0 Å². The van der Waals surface area contributed by atoms with Crippen molar-refractivity contribution in [3.05, 3.63) is 30.1 Å². The van der Waals surface area contributed by atoms with Crippen LogP contribution in [0, 0.1) is 5.82 Å². The number of hydrogen-bond acceptors (Lipinski definition) is 2. The fourth-order valence-electron chi connectivity index (χ4n) is 0.718. The molecule has 0 aromatic heterocycles. The molecule has 0 aliphatic heterocycles. The van der Waals surface area contributed by atoms with Crippen LogP contribution in [0.3, 0.4) is 0 Å². The highest BCUT2D eigenvalue weighted by molar-refractivity contribution is 5.74. The van der Waals surface area contributed by atoms with Crippen LogP contribution in [0.4, 0.5) is 10.1 Å². The minimum Gasteiger partial charge on any atom is -0.296 e. The van der Waals surface area contributed by atoms with E-state index in [2.05, 4.69) is 10.9 Å². The van der Waals surface area contributed by atoms with E-state index in [0.29, 0.717) is 0 Å². The van der Waals surface area contributed by atoms with Crippen molar-refractivity contribution in [2.45, 2.75) is 6.92 Å². The van der Waals surface area contributed by atoms with Crippen LogP contribution >= 0.6 is 0 Å². The van der Waals surface area contributed by atoms with Crippen molar-refractivity contribution in [3.8, 4) is 0 Å². The van der Waals surface area contributed by atoms with Crippen LogP contribution in [0.5, 0.6) is 0 Å². The molecule has 3 nitrogen and oxygen atoms in total. The number of carbonyl (C=O) groups excluding carboxylic acids is 1. The number of para-hydroxylation sites is 1. The first kappa shape index (κ1) is 8.52. The first-order valence-corrected chi connectivity index (χ1v) is 3.47. The number of anilines is 1. The maximum atomic E-state index is 12.8. The van der Waals surface area contributed by atoms with E-state index in [1.165, 1.54) is 19.1 Å². The maximum Gasteiger partial charge on any atom is 0.235 e. The van der Waals surface area contributed by atoms with E-state index in [0.717, 1.165) is 0 Å². The molecule has 0 spiro atoms. The number of benzene rings is 1. The van der Waals surface area contributed by atoms with Crippen LogP contribution in [-0.2, 0) is 4.79 Å². The second-order valence-electron chi connectivity index (χ2n) is 2.29. The number of nitrogens with one attached hydrogen (secondary N) is 2. The number of amides is 1. The lowest BCUT2D eigenvalue weighted by atomic mass is 10.3. The molecule has 1 rings (SSSR count). The van der Waals surface area contributed by atoms with Crippen LogP contribution in [0.1, 0.15) is 6.92 Å². The van der Waals surface area contributed by atoms with Crippen LogP contribution in [0.15, 0.2) is 24.3 Å². The highest BCUT2D eigenvalue weighted by atomic mass is 19.1. The van der Waals surface area contributed by atoms with Gasteiger partial charge in [-0.05, 0) is 12.1 Å². The first-order chi connectivity index (χ1) is 5.70. The average Bonchev–Trinajstić information content (AvgIpc) is 2.03. The SMILES string of the molecule is CC(=O)NNc1ccccc1F. The largest absolute Gasteiger partial charge is 0.296 e. The summed E-state index contributed by atoms with van der Waals surface area (Å²) >= 11 is 0. The van der Waals surface area contributed by atoms with E-state index in [-0.39, 0.29) is 11.6 Å². The zero-order chi connectivity index (χ0) is 8.97. The van der Waals surface area contributed by atoms with Gasteiger partial charge in [-0.15, -0.1) is 0 Å². The summed E-state index contributed by atoms with van der Waals surface area (Å²) in [6.45, 7) is 1.34. The molecular formula is C8H9FN2O. The van der Waals surface area contributed by atoms with Crippen LogP contribution < -0.4 is 10.9 Å². The Morgan fingerprint density at radius 1 is 1.42 bits per heavy atom. The number of hydrazine groups is 1. The van der Waals surface area contributed by atoms with E-state index >= 15 is 0 Å². The molecule has 0 fully saturated rings. The van der Waals surface area contributed by atoms with Gasteiger partial charge in [0.25, 0.3) is 0 Å².